The van der Waals surface area contributed by atoms with E-state index in [2.05, 4.69) is 9.35 Å². The van der Waals surface area contributed by atoms with Crippen LogP contribution >= 0.6 is 0 Å². The summed E-state index contributed by atoms with van der Waals surface area (Å²) in [7, 11) is -2.44. The molecule has 0 atom stereocenters. The lowest BCUT2D eigenvalue weighted by molar-refractivity contribution is 0.100. The maximum Gasteiger partial charge on any atom is 0.303 e. The molecule has 0 aliphatic rings. The van der Waals surface area contributed by atoms with E-state index in [1.165, 1.54) is 18.6 Å². The molecule has 0 saturated heterocycles. The fourth-order valence-electron chi connectivity index (χ4n) is 0.817. The Labute approximate surface area is 82.5 Å². The minimum atomic E-state index is -2.44. The van der Waals surface area contributed by atoms with Gasteiger partial charge in [0.2, 0.25) is 0 Å². The van der Waals surface area contributed by atoms with E-state index in [1.807, 2.05) is 0 Å². The first kappa shape index (κ1) is 10.6. The predicted molar refractivity (Wildman–Crippen MR) is 55.4 cm³/mol. The van der Waals surface area contributed by atoms with Crippen LogP contribution in [0.4, 0.5) is 5.82 Å². The van der Waals surface area contributed by atoms with E-state index in [4.69, 9.17) is 5.73 Å². The molecule has 0 unspecified atom stereocenters. The van der Waals surface area contributed by atoms with Gasteiger partial charge >= 0.3 is 5.91 Å². The van der Waals surface area contributed by atoms with Crippen LogP contribution in [0.5, 0.6) is 0 Å². The fraction of sp³-hybridized carbons (Fsp3) is 0.250. The Bertz CT molecular complexity index is 467. The van der Waals surface area contributed by atoms with Crippen molar-refractivity contribution in [1.29, 1.82) is 0 Å². The van der Waals surface area contributed by atoms with Crippen LogP contribution in [-0.2, 0) is 9.73 Å². The van der Waals surface area contributed by atoms with Gasteiger partial charge in [-0.05, 0) is 12.1 Å². The smallest absolute Gasteiger partial charge is 0.303 e. The van der Waals surface area contributed by atoms with Crippen LogP contribution in [0.25, 0.3) is 0 Å². The standard InChI is InChI=1S/C8H11N3O2S/c1-14(2,13)11-8(12)6-4-3-5-7(9)10-6/h3-5H,1-2H3,(H2,9,10). The minimum absolute atomic E-state index is 0.112. The molecule has 1 amide bonds. The number of carbonyl (C=O) groups is 1. The summed E-state index contributed by atoms with van der Waals surface area (Å²) in [6, 6.07) is 4.64. The number of nitrogen functional groups attached to an aromatic ring is 1. The lowest BCUT2D eigenvalue weighted by atomic mass is 10.3. The zero-order chi connectivity index (χ0) is 10.8. The molecule has 0 radical (unpaired) electrons. The number of pyridine rings is 1. The maximum absolute atomic E-state index is 11.3. The number of anilines is 1. The first-order valence-corrected chi connectivity index (χ1v) is 6.15. The van der Waals surface area contributed by atoms with E-state index in [0.29, 0.717) is 0 Å². The highest BCUT2D eigenvalue weighted by Crippen LogP contribution is 2.03. The van der Waals surface area contributed by atoms with Crippen LogP contribution in [-0.4, -0.2) is 27.6 Å². The van der Waals surface area contributed by atoms with Crippen molar-refractivity contribution in [3.8, 4) is 0 Å². The molecule has 14 heavy (non-hydrogen) atoms. The Balaban J connectivity index is 3.09. The molecule has 0 aliphatic heterocycles. The van der Waals surface area contributed by atoms with Crippen molar-refractivity contribution in [2.24, 2.45) is 4.36 Å². The molecule has 0 aliphatic carbocycles. The van der Waals surface area contributed by atoms with Gasteiger partial charge < -0.3 is 5.73 Å². The van der Waals surface area contributed by atoms with Gasteiger partial charge in [-0.2, -0.15) is 4.36 Å². The highest BCUT2D eigenvalue weighted by atomic mass is 32.2. The topological polar surface area (TPSA) is 85.4 Å². The van der Waals surface area contributed by atoms with E-state index in [-0.39, 0.29) is 11.5 Å². The molecule has 0 bridgehead atoms. The van der Waals surface area contributed by atoms with E-state index < -0.39 is 15.6 Å². The number of hydrogen-bond acceptors (Lipinski definition) is 4. The lowest BCUT2D eigenvalue weighted by Gasteiger charge is -1.97. The van der Waals surface area contributed by atoms with E-state index >= 15 is 0 Å². The Morgan fingerprint density at radius 3 is 2.64 bits per heavy atom. The molecule has 0 saturated carbocycles. The summed E-state index contributed by atoms with van der Waals surface area (Å²) < 4.78 is 14.7. The number of nitrogens with two attached hydrogens (primary N) is 1. The molecule has 1 heterocycles. The summed E-state index contributed by atoms with van der Waals surface area (Å²) in [5.41, 5.74) is 5.50. The van der Waals surface area contributed by atoms with Crippen LogP contribution in [0.15, 0.2) is 22.6 Å². The van der Waals surface area contributed by atoms with E-state index in [9.17, 15) is 9.00 Å². The Morgan fingerprint density at radius 2 is 2.14 bits per heavy atom. The Morgan fingerprint density at radius 1 is 1.50 bits per heavy atom. The number of nitrogens with zero attached hydrogens (tertiary/aromatic N) is 2. The zero-order valence-electron chi connectivity index (χ0n) is 7.93. The van der Waals surface area contributed by atoms with Crippen molar-refractivity contribution in [2.45, 2.75) is 0 Å². The Kier molecular flexibility index (Phi) is 2.85. The van der Waals surface area contributed by atoms with Gasteiger partial charge in [0, 0.05) is 22.2 Å². The van der Waals surface area contributed by atoms with Crippen molar-refractivity contribution >= 4 is 21.5 Å². The molecule has 1 aromatic heterocycles. The number of rotatable bonds is 1. The third kappa shape index (κ3) is 3.14. The first-order valence-electron chi connectivity index (χ1n) is 3.82. The summed E-state index contributed by atoms with van der Waals surface area (Å²) in [5, 5.41) is 0. The summed E-state index contributed by atoms with van der Waals surface area (Å²) in [6.07, 6.45) is 2.77. The van der Waals surface area contributed by atoms with Gasteiger partial charge in [0.15, 0.2) is 0 Å². The van der Waals surface area contributed by atoms with Gasteiger partial charge in [0.05, 0.1) is 0 Å². The van der Waals surface area contributed by atoms with Gasteiger partial charge in [0.25, 0.3) is 0 Å². The van der Waals surface area contributed by atoms with Gasteiger partial charge in [-0.25, -0.2) is 9.19 Å². The quantitative estimate of drug-likeness (QED) is 0.737. The summed E-state index contributed by atoms with van der Waals surface area (Å²) in [5.74, 6) is -0.364. The summed E-state index contributed by atoms with van der Waals surface area (Å²) in [4.78, 5) is 15.1. The zero-order valence-corrected chi connectivity index (χ0v) is 8.75. The van der Waals surface area contributed by atoms with Gasteiger partial charge in [0.1, 0.15) is 11.5 Å². The van der Waals surface area contributed by atoms with Gasteiger partial charge in [-0.3, -0.25) is 4.79 Å². The van der Waals surface area contributed by atoms with Gasteiger partial charge in [-0.1, -0.05) is 6.07 Å². The SMILES string of the molecule is CS(C)(=O)=NC(=O)c1cccc(N)n1. The van der Waals surface area contributed by atoms with Crippen LogP contribution in [0.3, 0.4) is 0 Å². The second-order valence-corrected chi connectivity index (χ2v) is 5.57. The molecule has 76 valence electrons. The monoisotopic (exact) mass is 213 g/mol. The number of hydrogen-bond donors (Lipinski definition) is 1. The average Bonchev–Trinajstić information content (AvgIpc) is 2.01. The van der Waals surface area contributed by atoms with Crippen molar-refractivity contribution < 1.29 is 9.00 Å². The van der Waals surface area contributed by atoms with Crippen molar-refractivity contribution in [3.05, 3.63) is 23.9 Å². The third-order valence-corrected chi connectivity index (χ3v) is 1.90. The average molecular weight is 213 g/mol. The lowest BCUT2D eigenvalue weighted by Crippen LogP contribution is -2.04. The molecule has 6 heteroatoms. The molecule has 2 N–H and O–H groups in total. The van der Waals surface area contributed by atoms with Crippen LogP contribution in [0.2, 0.25) is 0 Å². The molecule has 0 spiro atoms. The fourth-order valence-corrected chi connectivity index (χ4v) is 1.31. The molecule has 1 aromatic rings. The molecule has 5 nitrogen and oxygen atoms in total. The minimum Gasteiger partial charge on any atom is -0.384 e. The van der Waals surface area contributed by atoms with E-state index in [0.717, 1.165) is 0 Å². The van der Waals surface area contributed by atoms with Gasteiger partial charge in [-0.15, -0.1) is 0 Å². The highest BCUT2D eigenvalue weighted by molar-refractivity contribution is 7.92. The van der Waals surface area contributed by atoms with Crippen LogP contribution in [0.1, 0.15) is 10.5 Å². The van der Waals surface area contributed by atoms with Crippen LogP contribution < -0.4 is 5.73 Å². The summed E-state index contributed by atoms with van der Waals surface area (Å²) >= 11 is 0. The van der Waals surface area contributed by atoms with Crippen LogP contribution in [0, 0.1) is 0 Å². The molecule has 0 aromatic carbocycles. The first-order chi connectivity index (χ1) is 6.38. The molecular formula is C8H11N3O2S. The summed E-state index contributed by atoms with van der Waals surface area (Å²) in [6.45, 7) is 0. The molecule has 1 rings (SSSR count). The second kappa shape index (κ2) is 3.75. The third-order valence-electron chi connectivity index (χ3n) is 1.29. The number of carbonyl (C=O) groups excluding carboxylic acids is 1. The van der Waals surface area contributed by atoms with Crippen molar-refractivity contribution in [2.75, 3.05) is 18.2 Å². The highest BCUT2D eigenvalue weighted by Gasteiger charge is 2.07. The van der Waals surface area contributed by atoms with Crippen molar-refractivity contribution in [1.82, 2.24) is 4.98 Å². The largest absolute Gasteiger partial charge is 0.384 e. The molecule has 0 fully saturated rings. The second-order valence-electron chi connectivity index (χ2n) is 3.03. The Hall–Kier alpha value is -1.43. The predicted octanol–water partition coefficient (Wildman–Crippen LogP) is 0.532. The number of aromatic nitrogens is 1. The maximum atomic E-state index is 11.3. The van der Waals surface area contributed by atoms with E-state index in [1.54, 1.807) is 12.1 Å². The molecular weight excluding hydrogens is 202 g/mol. The van der Waals surface area contributed by atoms with Crippen molar-refractivity contribution in [3.63, 3.8) is 0 Å². The normalized spacial score (nSPS) is 11.0. The number of amides is 1.